The highest BCUT2D eigenvalue weighted by molar-refractivity contribution is 7.89. The van der Waals surface area contributed by atoms with E-state index in [0.717, 1.165) is 4.90 Å². The Balaban J connectivity index is 2.57. The fourth-order valence-corrected chi connectivity index (χ4v) is 4.53. The molecule has 0 bridgehead atoms. The molecule has 6 nitrogen and oxygen atoms in total. The first-order valence-electron chi connectivity index (χ1n) is 7.67. The summed E-state index contributed by atoms with van der Waals surface area (Å²) in [7, 11) is -4.09. The van der Waals surface area contributed by atoms with Gasteiger partial charge in [-0.1, -0.05) is 71.7 Å². The van der Waals surface area contributed by atoms with Gasteiger partial charge in [0.1, 0.15) is 6.17 Å². The Labute approximate surface area is 173 Å². The van der Waals surface area contributed by atoms with E-state index in [1.165, 1.54) is 19.1 Å². The molecule has 0 aromatic heterocycles. The van der Waals surface area contributed by atoms with E-state index in [0.29, 0.717) is 5.56 Å². The first kappa shape index (κ1) is 21.6. The number of nitrogens with zero attached hydrogens (tertiary/aromatic N) is 1. The smallest absolute Gasteiger partial charge is 0.242 e. The molecule has 0 fully saturated rings. The van der Waals surface area contributed by atoms with Crippen LogP contribution in [0.3, 0.4) is 0 Å². The highest BCUT2D eigenvalue weighted by Gasteiger charge is 2.45. The minimum Gasteiger partial charge on any atom is -0.376 e. The van der Waals surface area contributed by atoms with Crippen molar-refractivity contribution in [1.29, 1.82) is 0 Å². The first-order valence-corrected chi connectivity index (χ1v) is 10.3. The summed E-state index contributed by atoms with van der Waals surface area (Å²) in [5, 5.41) is -0.370. The van der Waals surface area contributed by atoms with E-state index in [4.69, 9.17) is 41.2 Å². The van der Waals surface area contributed by atoms with Gasteiger partial charge in [-0.2, -0.15) is 4.72 Å². The van der Waals surface area contributed by atoms with Gasteiger partial charge in [0, 0.05) is 6.92 Å². The van der Waals surface area contributed by atoms with E-state index in [2.05, 4.69) is 4.72 Å². The molecule has 2 aromatic rings. The van der Waals surface area contributed by atoms with Crippen molar-refractivity contribution in [3.05, 3.63) is 66.2 Å². The standard InChI is InChI=1S/C17H17Cl2N3O3S2/c1-12(23)22(16(20)26)15(17(18,19)13-8-4-2-5-9-13)21-27(24,25)14-10-6-3-7-11-14/h2-11,15,21H,1H3,(H2,20,26). The Kier molecular flexibility index (Phi) is 6.82. The van der Waals surface area contributed by atoms with Gasteiger partial charge in [0.15, 0.2) is 9.45 Å². The molecule has 0 aliphatic carbocycles. The average molecular weight is 446 g/mol. The van der Waals surface area contributed by atoms with Crippen molar-refractivity contribution >= 4 is 56.5 Å². The zero-order valence-corrected chi connectivity index (χ0v) is 17.3. The van der Waals surface area contributed by atoms with Crippen molar-refractivity contribution in [1.82, 2.24) is 9.62 Å². The van der Waals surface area contributed by atoms with E-state index in [1.54, 1.807) is 48.5 Å². The lowest BCUT2D eigenvalue weighted by atomic mass is 10.1. The van der Waals surface area contributed by atoms with Crippen LogP contribution >= 0.6 is 35.4 Å². The van der Waals surface area contributed by atoms with Crippen LogP contribution in [0.15, 0.2) is 65.6 Å². The Morgan fingerprint density at radius 2 is 1.59 bits per heavy atom. The number of amides is 1. The average Bonchev–Trinajstić information content (AvgIpc) is 2.62. The summed E-state index contributed by atoms with van der Waals surface area (Å²) in [6, 6.07) is 15.9. The van der Waals surface area contributed by atoms with Crippen molar-refractivity contribution < 1.29 is 13.2 Å². The van der Waals surface area contributed by atoms with Crippen LogP contribution in [0.1, 0.15) is 12.5 Å². The van der Waals surface area contributed by atoms with Gasteiger partial charge in [0.2, 0.25) is 15.9 Å². The number of nitrogens with one attached hydrogen (secondary N) is 1. The number of hydrogen-bond donors (Lipinski definition) is 2. The summed E-state index contributed by atoms with van der Waals surface area (Å²) in [6.07, 6.45) is -1.48. The summed E-state index contributed by atoms with van der Waals surface area (Å²) in [5.41, 5.74) is 6.01. The molecule has 0 aliphatic heterocycles. The van der Waals surface area contributed by atoms with Gasteiger partial charge in [-0.3, -0.25) is 9.69 Å². The number of rotatable bonds is 6. The van der Waals surface area contributed by atoms with Crippen LogP contribution in [-0.4, -0.2) is 30.5 Å². The van der Waals surface area contributed by atoms with Gasteiger partial charge >= 0.3 is 0 Å². The first-order chi connectivity index (χ1) is 12.6. The van der Waals surface area contributed by atoms with E-state index in [9.17, 15) is 13.2 Å². The summed E-state index contributed by atoms with van der Waals surface area (Å²) in [4.78, 5) is 12.9. The van der Waals surface area contributed by atoms with Gasteiger partial charge in [-0.05, 0) is 29.9 Å². The van der Waals surface area contributed by atoms with E-state index in [-0.39, 0.29) is 10.0 Å². The van der Waals surface area contributed by atoms with Crippen LogP contribution in [0, 0.1) is 0 Å². The van der Waals surface area contributed by atoms with Crippen LogP contribution in [0.25, 0.3) is 0 Å². The number of benzene rings is 2. The van der Waals surface area contributed by atoms with Gasteiger partial charge in [-0.25, -0.2) is 8.42 Å². The van der Waals surface area contributed by atoms with Crippen LogP contribution in [0.2, 0.25) is 0 Å². The van der Waals surface area contributed by atoms with Gasteiger partial charge < -0.3 is 5.73 Å². The normalized spacial score (nSPS) is 13.0. The molecule has 1 unspecified atom stereocenters. The number of halogens is 2. The molecule has 0 aliphatic rings. The molecule has 2 aromatic carbocycles. The monoisotopic (exact) mass is 445 g/mol. The molecule has 0 saturated carbocycles. The molecule has 0 radical (unpaired) electrons. The third-order valence-corrected chi connectivity index (χ3v) is 6.13. The van der Waals surface area contributed by atoms with Crippen LogP contribution in [-0.2, 0) is 19.2 Å². The van der Waals surface area contributed by atoms with E-state index >= 15 is 0 Å². The second-order valence-corrected chi connectivity index (χ2v) is 9.07. The highest BCUT2D eigenvalue weighted by atomic mass is 35.5. The lowest BCUT2D eigenvalue weighted by Crippen LogP contribution is -2.60. The van der Waals surface area contributed by atoms with Crippen molar-refractivity contribution in [3.63, 3.8) is 0 Å². The molecule has 10 heteroatoms. The van der Waals surface area contributed by atoms with Crippen molar-refractivity contribution in [3.8, 4) is 0 Å². The van der Waals surface area contributed by atoms with Gasteiger partial charge in [0.05, 0.1) is 4.90 Å². The number of thiocarbonyl (C=S) groups is 1. The zero-order valence-electron chi connectivity index (χ0n) is 14.2. The SMILES string of the molecule is CC(=O)N(C(N)=S)C(NS(=O)(=O)c1ccccc1)C(Cl)(Cl)c1ccccc1. The number of carbonyl (C=O) groups excluding carboxylic acids is 1. The Hall–Kier alpha value is -1.71. The highest BCUT2D eigenvalue weighted by Crippen LogP contribution is 2.39. The minimum absolute atomic E-state index is 0.0290. The van der Waals surface area contributed by atoms with E-state index < -0.39 is 26.4 Å². The maximum absolute atomic E-state index is 12.8. The zero-order chi connectivity index (χ0) is 20.2. The molecule has 1 amide bonds. The maximum Gasteiger partial charge on any atom is 0.242 e. The number of sulfonamides is 1. The van der Waals surface area contributed by atoms with Crippen LogP contribution in [0.5, 0.6) is 0 Å². The Morgan fingerprint density at radius 3 is 2.04 bits per heavy atom. The second-order valence-electron chi connectivity index (χ2n) is 5.55. The second kappa shape index (κ2) is 8.53. The minimum atomic E-state index is -4.09. The van der Waals surface area contributed by atoms with Gasteiger partial charge in [-0.15, -0.1) is 0 Å². The lowest BCUT2D eigenvalue weighted by molar-refractivity contribution is -0.127. The fourth-order valence-electron chi connectivity index (χ4n) is 2.39. The molecule has 3 N–H and O–H groups in total. The molecular weight excluding hydrogens is 429 g/mol. The number of hydrogen-bond acceptors (Lipinski definition) is 4. The third kappa shape index (κ3) is 4.97. The maximum atomic E-state index is 12.8. The summed E-state index contributed by atoms with van der Waals surface area (Å²) >= 11 is 18.0. The Morgan fingerprint density at radius 1 is 1.11 bits per heavy atom. The predicted octanol–water partition coefficient (Wildman–Crippen LogP) is 2.71. The predicted molar refractivity (Wildman–Crippen MR) is 110 cm³/mol. The van der Waals surface area contributed by atoms with Crippen LogP contribution < -0.4 is 10.5 Å². The largest absolute Gasteiger partial charge is 0.376 e. The third-order valence-electron chi connectivity index (χ3n) is 3.66. The number of alkyl halides is 2. The molecular formula is C17H17Cl2N3O3S2. The molecule has 0 heterocycles. The summed E-state index contributed by atoms with van der Waals surface area (Å²) in [6.45, 7) is 1.18. The molecule has 1 atom stereocenters. The number of carbonyl (C=O) groups is 1. The quantitative estimate of drug-likeness (QED) is 0.405. The van der Waals surface area contributed by atoms with Crippen molar-refractivity contribution in [2.45, 2.75) is 22.3 Å². The summed E-state index contributed by atoms with van der Waals surface area (Å²) < 4.78 is 26.1. The van der Waals surface area contributed by atoms with Crippen LogP contribution in [0.4, 0.5) is 0 Å². The molecule has 0 spiro atoms. The van der Waals surface area contributed by atoms with Crippen molar-refractivity contribution in [2.24, 2.45) is 5.73 Å². The molecule has 27 heavy (non-hydrogen) atoms. The van der Waals surface area contributed by atoms with E-state index in [1.807, 2.05) is 0 Å². The number of nitrogens with two attached hydrogens (primary N) is 1. The summed E-state index contributed by atoms with van der Waals surface area (Å²) in [5.74, 6) is -0.620. The fraction of sp³-hybridized carbons (Fsp3) is 0.176. The van der Waals surface area contributed by atoms with Gasteiger partial charge in [0.25, 0.3) is 0 Å². The lowest BCUT2D eigenvalue weighted by Gasteiger charge is -2.37. The Bertz CT molecular complexity index is 909. The molecule has 144 valence electrons. The topological polar surface area (TPSA) is 92.5 Å². The molecule has 2 rings (SSSR count). The van der Waals surface area contributed by atoms with Crippen molar-refractivity contribution in [2.75, 3.05) is 0 Å². The molecule has 0 saturated heterocycles.